The van der Waals surface area contributed by atoms with Crippen LogP contribution in [0.4, 0.5) is 0 Å². The Morgan fingerprint density at radius 2 is 1.93 bits per heavy atom. The first-order valence-corrected chi connectivity index (χ1v) is 4.65. The quantitative estimate of drug-likeness (QED) is 0.572. The molecule has 1 aromatic rings. The van der Waals surface area contributed by atoms with Gasteiger partial charge in [-0.25, -0.2) is 4.79 Å². The van der Waals surface area contributed by atoms with Gasteiger partial charge in [0.25, 0.3) is 0 Å². The minimum Gasteiger partial charge on any atom is -0.508 e. The first kappa shape index (κ1) is 8.97. The summed E-state index contributed by atoms with van der Waals surface area (Å²) < 4.78 is 0. The highest BCUT2D eigenvalue weighted by molar-refractivity contribution is 5.40. The van der Waals surface area contributed by atoms with Gasteiger partial charge < -0.3 is 5.11 Å². The Morgan fingerprint density at radius 1 is 1.29 bits per heavy atom. The van der Waals surface area contributed by atoms with Gasteiger partial charge in [0, 0.05) is 0 Å². The fraction of sp³-hybridized carbons (Fsp3) is 0.364. The molecule has 1 N–H and O–H groups in total. The Morgan fingerprint density at radius 3 is 2.36 bits per heavy atom. The summed E-state index contributed by atoms with van der Waals surface area (Å²) in [6.07, 6.45) is 4.52. The fourth-order valence-electron chi connectivity index (χ4n) is 1.84. The van der Waals surface area contributed by atoms with E-state index in [0.717, 1.165) is 24.8 Å². The van der Waals surface area contributed by atoms with Gasteiger partial charge in [-0.05, 0) is 37.0 Å². The predicted octanol–water partition coefficient (Wildman–Crippen LogP) is 2.11. The number of rotatable bonds is 2. The molecule has 0 radical (unpaired) electrons. The van der Waals surface area contributed by atoms with Crippen molar-refractivity contribution < 1.29 is 9.90 Å². The lowest BCUT2D eigenvalue weighted by Crippen LogP contribution is -2.31. The highest BCUT2D eigenvalue weighted by Gasteiger charge is 2.38. The van der Waals surface area contributed by atoms with Crippen LogP contribution in [0.1, 0.15) is 24.8 Å². The minimum absolute atomic E-state index is 0.235. The standard InChI is InChI=1S/C11H11NO2/c13-8-12-11(6-1-7-11)9-2-4-10(14)5-3-9/h2-5,14H,1,6-7H2. The third-order valence-corrected chi connectivity index (χ3v) is 2.85. The molecule has 0 aliphatic heterocycles. The minimum atomic E-state index is -0.352. The van der Waals surface area contributed by atoms with Crippen LogP contribution < -0.4 is 0 Å². The topological polar surface area (TPSA) is 49.7 Å². The van der Waals surface area contributed by atoms with Gasteiger partial charge in [0.2, 0.25) is 6.08 Å². The van der Waals surface area contributed by atoms with E-state index in [9.17, 15) is 4.79 Å². The second kappa shape index (κ2) is 3.28. The maximum absolute atomic E-state index is 10.3. The van der Waals surface area contributed by atoms with Crippen molar-refractivity contribution in [3.63, 3.8) is 0 Å². The van der Waals surface area contributed by atoms with Crippen molar-refractivity contribution in [1.29, 1.82) is 0 Å². The molecule has 1 fully saturated rings. The first-order chi connectivity index (χ1) is 6.77. The van der Waals surface area contributed by atoms with E-state index in [0.29, 0.717) is 0 Å². The third kappa shape index (κ3) is 1.32. The number of nitrogens with zero attached hydrogens (tertiary/aromatic N) is 1. The third-order valence-electron chi connectivity index (χ3n) is 2.85. The smallest absolute Gasteiger partial charge is 0.235 e. The molecule has 0 spiro atoms. The number of hydrogen-bond donors (Lipinski definition) is 1. The van der Waals surface area contributed by atoms with E-state index in [1.54, 1.807) is 18.2 Å². The summed E-state index contributed by atoms with van der Waals surface area (Å²) in [6, 6.07) is 6.87. The summed E-state index contributed by atoms with van der Waals surface area (Å²) in [7, 11) is 0. The lowest BCUT2D eigenvalue weighted by Gasteiger charge is -2.37. The van der Waals surface area contributed by atoms with Gasteiger partial charge >= 0.3 is 0 Å². The number of carbonyl (C=O) groups excluding carboxylic acids is 1. The monoisotopic (exact) mass is 189 g/mol. The van der Waals surface area contributed by atoms with Crippen LogP contribution in [-0.4, -0.2) is 11.2 Å². The molecule has 3 heteroatoms. The molecule has 0 aromatic heterocycles. The zero-order valence-electron chi connectivity index (χ0n) is 7.73. The van der Waals surface area contributed by atoms with Crippen LogP contribution in [0, 0.1) is 0 Å². The van der Waals surface area contributed by atoms with E-state index < -0.39 is 0 Å². The van der Waals surface area contributed by atoms with Crippen LogP contribution in [0.2, 0.25) is 0 Å². The SMILES string of the molecule is O=C=NC1(c2ccc(O)cc2)CCC1. The zero-order chi connectivity index (χ0) is 10.0. The molecule has 0 saturated heterocycles. The predicted molar refractivity (Wildman–Crippen MR) is 51.8 cm³/mol. The Bertz CT molecular complexity index is 373. The molecule has 3 nitrogen and oxygen atoms in total. The second-order valence-electron chi connectivity index (χ2n) is 3.64. The highest BCUT2D eigenvalue weighted by Crippen LogP contribution is 2.44. The summed E-state index contributed by atoms with van der Waals surface area (Å²) in [5, 5.41) is 9.14. The van der Waals surface area contributed by atoms with Crippen molar-refractivity contribution in [2.45, 2.75) is 24.8 Å². The number of benzene rings is 1. The van der Waals surface area contributed by atoms with Crippen LogP contribution in [-0.2, 0) is 10.3 Å². The van der Waals surface area contributed by atoms with Gasteiger partial charge in [-0.1, -0.05) is 12.1 Å². The Balaban J connectivity index is 2.36. The van der Waals surface area contributed by atoms with Gasteiger partial charge in [-0.2, -0.15) is 4.99 Å². The van der Waals surface area contributed by atoms with Crippen LogP contribution in [0.5, 0.6) is 5.75 Å². The number of phenolic OH excluding ortho intramolecular Hbond substituents is 1. The summed E-state index contributed by atoms with van der Waals surface area (Å²) in [5.41, 5.74) is 0.639. The second-order valence-corrected chi connectivity index (χ2v) is 3.64. The van der Waals surface area contributed by atoms with Crippen LogP contribution >= 0.6 is 0 Å². The maximum Gasteiger partial charge on any atom is 0.235 e. The fourth-order valence-corrected chi connectivity index (χ4v) is 1.84. The molecule has 14 heavy (non-hydrogen) atoms. The van der Waals surface area contributed by atoms with E-state index in [1.807, 2.05) is 12.1 Å². The van der Waals surface area contributed by atoms with Crippen LogP contribution in [0.25, 0.3) is 0 Å². The lowest BCUT2D eigenvalue weighted by atomic mass is 9.72. The van der Waals surface area contributed by atoms with Crippen molar-refractivity contribution in [3.05, 3.63) is 29.8 Å². The van der Waals surface area contributed by atoms with Crippen molar-refractivity contribution in [3.8, 4) is 5.75 Å². The van der Waals surface area contributed by atoms with Gasteiger partial charge in [0.1, 0.15) is 5.75 Å². The van der Waals surface area contributed by atoms with E-state index in [2.05, 4.69) is 4.99 Å². The lowest BCUT2D eigenvalue weighted by molar-refractivity contribution is 0.256. The van der Waals surface area contributed by atoms with Crippen molar-refractivity contribution in [2.75, 3.05) is 0 Å². The van der Waals surface area contributed by atoms with Crippen molar-refractivity contribution in [2.24, 2.45) is 4.99 Å². The number of phenols is 1. The normalized spacial score (nSPS) is 18.0. The molecular weight excluding hydrogens is 178 g/mol. The molecule has 0 amide bonds. The molecule has 1 saturated carbocycles. The van der Waals surface area contributed by atoms with E-state index in [4.69, 9.17) is 5.11 Å². The maximum atomic E-state index is 10.3. The van der Waals surface area contributed by atoms with Crippen LogP contribution in [0.3, 0.4) is 0 Å². The number of hydrogen-bond acceptors (Lipinski definition) is 3. The zero-order valence-corrected chi connectivity index (χ0v) is 7.73. The molecule has 1 aromatic carbocycles. The van der Waals surface area contributed by atoms with Crippen LogP contribution in [0.15, 0.2) is 29.3 Å². The number of isocyanates is 1. The molecule has 0 unspecified atom stereocenters. The van der Waals surface area contributed by atoms with Gasteiger partial charge in [-0.3, -0.25) is 0 Å². The Kier molecular flexibility index (Phi) is 2.10. The molecule has 1 aliphatic carbocycles. The Hall–Kier alpha value is -1.60. The van der Waals surface area contributed by atoms with E-state index in [1.165, 1.54) is 0 Å². The summed E-state index contributed by atoms with van der Waals surface area (Å²) in [5.74, 6) is 0.235. The van der Waals surface area contributed by atoms with Gasteiger partial charge in [0.05, 0.1) is 5.54 Å². The first-order valence-electron chi connectivity index (χ1n) is 4.65. The van der Waals surface area contributed by atoms with Crippen molar-refractivity contribution >= 4 is 6.08 Å². The number of aromatic hydroxyl groups is 1. The molecule has 72 valence electrons. The molecule has 0 heterocycles. The number of aliphatic imine (C=N–C) groups is 1. The summed E-state index contributed by atoms with van der Waals surface area (Å²) >= 11 is 0. The highest BCUT2D eigenvalue weighted by atomic mass is 16.3. The molecular formula is C11H11NO2. The van der Waals surface area contributed by atoms with Gasteiger partial charge in [-0.15, -0.1) is 0 Å². The average molecular weight is 189 g/mol. The molecule has 1 aliphatic rings. The molecule has 0 bridgehead atoms. The molecule has 2 rings (SSSR count). The summed E-state index contributed by atoms with van der Waals surface area (Å²) in [4.78, 5) is 14.2. The Labute approximate surface area is 82.1 Å². The van der Waals surface area contributed by atoms with E-state index in [-0.39, 0.29) is 11.3 Å². The van der Waals surface area contributed by atoms with E-state index >= 15 is 0 Å². The largest absolute Gasteiger partial charge is 0.508 e. The van der Waals surface area contributed by atoms with Crippen molar-refractivity contribution in [1.82, 2.24) is 0 Å². The molecule has 0 atom stereocenters. The van der Waals surface area contributed by atoms with Gasteiger partial charge in [0.15, 0.2) is 0 Å². The average Bonchev–Trinajstić information content (AvgIpc) is 2.13. The summed E-state index contributed by atoms with van der Waals surface area (Å²) in [6.45, 7) is 0.